The van der Waals surface area contributed by atoms with Gasteiger partial charge < -0.3 is 20.7 Å². The zero-order valence-electron chi connectivity index (χ0n) is 16.3. The Bertz CT molecular complexity index is 1080. The van der Waals surface area contributed by atoms with E-state index in [4.69, 9.17) is 0 Å². The average molecular weight is 411 g/mol. The van der Waals surface area contributed by atoms with Gasteiger partial charge >= 0.3 is 5.97 Å². The van der Waals surface area contributed by atoms with Crippen LogP contribution >= 0.6 is 0 Å². The van der Waals surface area contributed by atoms with Crippen LogP contribution in [0.4, 0.5) is 4.39 Å². The lowest BCUT2D eigenvalue weighted by atomic mass is 10.0. The number of benzene rings is 2. The summed E-state index contributed by atoms with van der Waals surface area (Å²) in [5.41, 5.74) is 2.12. The Balaban J connectivity index is 1.76. The van der Waals surface area contributed by atoms with Crippen molar-refractivity contribution in [3.63, 3.8) is 0 Å². The maximum absolute atomic E-state index is 13.5. The predicted molar refractivity (Wildman–Crippen MR) is 109 cm³/mol. The zero-order chi connectivity index (χ0) is 21.7. The van der Waals surface area contributed by atoms with Gasteiger partial charge in [0.25, 0.3) is 0 Å². The molecule has 2 aromatic carbocycles. The molecule has 0 aliphatic rings. The van der Waals surface area contributed by atoms with Crippen LogP contribution in [0.3, 0.4) is 0 Å². The number of hydrogen-bond donors (Lipinski definition) is 4. The Morgan fingerprint density at radius 1 is 1.03 bits per heavy atom. The van der Waals surface area contributed by atoms with Crippen molar-refractivity contribution in [2.45, 2.75) is 31.8 Å². The summed E-state index contributed by atoms with van der Waals surface area (Å²) in [5.74, 6) is -2.75. The van der Waals surface area contributed by atoms with Gasteiger partial charge in [0.15, 0.2) is 0 Å². The fourth-order valence-corrected chi connectivity index (χ4v) is 3.35. The molecule has 0 aliphatic carbocycles. The second-order valence-electron chi connectivity index (χ2n) is 7.05. The maximum Gasteiger partial charge on any atom is 0.326 e. The normalized spacial score (nSPS) is 12.9. The van der Waals surface area contributed by atoms with E-state index in [1.807, 2.05) is 24.3 Å². The lowest BCUT2D eigenvalue weighted by Gasteiger charge is -2.21. The first-order chi connectivity index (χ1) is 14.3. The first kappa shape index (κ1) is 21.0. The Labute approximate surface area is 172 Å². The fourth-order valence-electron chi connectivity index (χ4n) is 3.35. The summed E-state index contributed by atoms with van der Waals surface area (Å²) in [5, 5.41) is 15.5. The van der Waals surface area contributed by atoms with E-state index in [2.05, 4.69) is 15.6 Å². The Morgan fingerprint density at radius 2 is 1.80 bits per heavy atom. The number of carbonyl (C=O) groups is 3. The molecule has 7 nitrogen and oxygen atoms in total. The largest absolute Gasteiger partial charge is 0.480 e. The summed E-state index contributed by atoms with van der Waals surface area (Å²) in [4.78, 5) is 39.2. The van der Waals surface area contributed by atoms with E-state index in [0.717, 1.165) is 16.5 Å². The predicted octanol–water partition coefficient (Wildman–Crippen LogP) is 2.17. The number of aromatic nitrogens is 1. The van der Waals surface area contributed by atoms with Gasteiger partial charge in [-0.15, -0.1) is 0 Å². The maximum atomic E-state index is 13.5. The highest BCUT2D eigenvalue weighted by molar-refractivity contribution is 5.91. The summed E-state index contributed by atoms with van der Waals surface area (Å²) >= 11 is 0. The summed E-state index contributed by atoms with van der Waals surface area (Å²) in [6.45, 7) is 1.26. The third-order valence-corrected chi connectivity index (χ3v) is 4.74. The van der Waals surface area contributed by atoms with Gasteiger partial charge in [-0.1, -0.05) is 30.3 Å². The van der Waals surface area contributed by atoms with Crippen LogP contribution in [0.15, 0.2) is 54.7 Å². The number of aliphatic carboxylic acids is 1. The van der Waals surface area contributed by atoms with Crippen LogP contribution in [-0.2, 0) is 27.2 Å². The van der Waals surface area contributed by atoms with E-state index in [-0.39, 0.29) is 12.8 Å². The van der Waals surface area contributed by atoms with Crippen molar-refractivity contribution in [1.82, 2.24) is 15.6 Å². The monoisotopic (exact) mass is 411 g/mol. The van der Waals surface area contributed by atoms with E-state index in [0.29, 0.717) is 5.56 Å². The summed E-state index contributed by atoms with van der Waals surface area (Å²) < 4.78 is 13.5. The van der Waals surface area contributed by atoms with Crippen LogP contribution < -0.4 is 10.6 Å². The number of carboxylic acid groups (broad SMARTS) is 1. The highest BCUT2D eigenvalue weighted by Crippen LogP contribution is 2.19. The molecule has 0 spiro atoms. The molecule has 3 aromatic rings. The van der Waals surface area contributed by atoms with Gasteiger partial charge in [0, 0.05) is 36.9 Å². The number of rotatable bonds is 8. The van der Waals surface area contributed by atoms with Gasteiger partial charge in [0.05, 0.1) is 0 Å². The molecule has 0 bridgehead atoms. The molecule has 0 unspecified atom stereocenters. The number of fused-ring (bicyclic) bond motifs is 1. The van der Waals surface area contributed by atoms with Crippen molar-refractivity contribution in [1.29, 1.82) is 0 Å². The van der Waals surface area contributed by atoms with Crippen LogP contribution in [0, 0.1) is 5.82 Å². The molecule has 3 rings (SSSR count). The number of para-hydroxylation sites is 1. The van der Waals surface area contributed by atoms with Crippen molar-refractivity contribution in [2.75, 3.05) is 0 Å². The minimum absolute atomic E-state index is 0.0304. The first-order valence-corrected chi connectivity index (χ1v) is 9.43. The van der Waals surface area contributed by atoms with Crippen molar-refractivity contribution < 1.29 is 23.9 Å². The van der Waals surface area contributed by atoms with Gasteiger partial charge in [-0.05, 0) is 29.3 Å². The Morgan fingerprint density at radius 3 is 2.50 bits per heavy atom. The minimum atomic E-state index is -1.19. The number of hydrogen-bond acceptors (Lipinski definition) is 3. The standard InChI is InChI=1S/C22H22FN3O4/c1-13(27)25-19(10-14-5-4-6-16(23)9-14)21(28)26-20(22(29)30)11-15-12-24-18-8-3-2-7-17(15)18/h2-9,12,19-20,24H,10-11H2,1H3,(H,25,27)(H,26,28)(H,29,30)/t19-,20-/m0/s1. The van der Waals surface area contributed by atoms with Crippen LogP contribution in [0.5, 0.6) is 0 Å². The van der Waals surface area contributed by atoms with Gasteiger partial charge in [-0.3, -0.25) is 9.59 Å². The van der Waals surface area contributed by atoms with Crippen LogP contribution in [0.25, 0.3) is 10.9 Å². The van der Waals surface area contributed by atoms with Crippen molar-refractivity contribution >= 4 is 28.7 Å². The molecule has 0 saturated carbocycles. The molecule has 0 saturated heterocycles. The molecule has 2 amide bonds. The Hall–Kier alpha value is -3.68. The van der Waals surface area contributed by atoms with E-state index < -0.39 is 35.7 Å². The number of carboxylic acids is 1. The molecular formula is C22H22FN3O4. The Kier molecular flexibility index (Phi) is 6.46. The summed E-state index contributed by atoms with van der Waals surface area (Å²) in [6, 6.07) is 10.9. The van der Waals surface area contributed by atoms with E-state index in [9.17, 15) is 23.9 Å². The van der Waals surface area contributed by atoms with E-state index in [1.165, 1.54) is 25.1 Å². The van der Waals surface area contributed by atoms with Crippen LogP contribution in [-0.4, -0.2) is 40.0 Å². The van der Waals surface area contributed by atoms with Crippen LogP contribution in [0.1, 0.15) is 18.1 Å². The first-order valence-electron chi connectivity index (χ1n) is 9.43. The molecule has 0 fully saturated rings. The number of amides is 2. The topological polar surface area (TPSA) is 111 Å². The average Bonchev–Trinajstić information content (AvgIpc) is 3.09. The summed E-state index contributed by atoms with van der Waals surface area (Å²) in [7, 11) is 0. The van der Waals surface area contributed by atoms with E-state index in [1.54, 1.807) is 12.3 Å². The van der Waals surface area contributed by atoms with Crippen molar-refractivity contribution in [3.8, 4) is 0 Å². The SMILES string of the molecule is CC(=O)N[C@@H](Cc1cccc(F)c1)C(=O)N[C@@H](Cc1c[nH]c2ccccc12)C(=O)O. The van der Waals surface area contributed by atoms with Crippen molar-refractivity contribution in [2.24, 2.45) is 0 Å². The molecule has 1 aromatic heterocycles. The highest BCUT2D eigenvalue weighted by atomic mass is 19.1. The lowest BCUT2D eigenvalue weighted by molar-refractivity contribution is -0.142. The number of H-pyrrole nitrogens is 1. The summed E-state index contributed by atoms with van der Waals surface area (Å²) in [6.07, 6.45) is 1.81. The second-order valence-corrected chi connectivity index (χ2v) is 7.05. The third kappa shape index (κ3) is 5.22. The minimum Gasteiger partial charge on any atom is -0.480 e. The molecule has 2 atom stereocenters. The number of aromatic amines is 1. The van der Waals surface area contributed by atoms with Gasteiger partial charge in [-0.25, -0.2) is 9.18 Å². The number of nitrogens with one attached hydrogen (secondary N) is 3. The molecule has 30 heavy (non-hydrogen) atoms. The van der Waals surface area contributed by atoms with Crippen LogP contribution in [0.2, 0.25) is 0 Å². The number of carbonyl (C=O) groups excluding carboxylic acids is 2. The van der Waals surface area contributed by atoms with Crippen molar-refractivity contribution in [3.05, 3.63) is 71.7 Å². The third-order valence-electron chi connectivity index (χ3n) is 4.74. The van der Waals surface area contributed by atoms with Gasteiger partial charge in [-0.2, -0.15) is 0 Å². The molecule has 0 aliphatic heterocycles. The number of halogens is 1. The highest BCUT2D eigenvalue weighted by Gasteiger charge is 2.27. The molecular weight excluding hydrogens is 389 g/mol. The quantitative estimate of drug-likeness (QED) is 0.455. The lowest BCUT2D eigenvalue weighted by Crippen LogP contribution is -2.52. The molecule has 4 N–H and O–H groups in total. The molecule has 0 radical (unpaired) electrons. The molecule has 1 heterocycles. The fraction of sp³-hybridized carbons (Fsp3) is 0.227. The molecule has 156 valence electrons. The van der Waals surface area contributed by atoms with Gasteiger partial charge in [0.1, 0.15) is 17.9 Å². The van der Waals surface area contributed by atoms with E-state index >= 15 is 0 Å². The second kappa shape index (κ2) is 9.21. The zero-order valence-corrected chi connectivity index (χ0v) is 16.3. The smallest absolute Gasteiger partial charge is 0.326 e. The van der Waals surface area contributed by atoms with Gasteiger partial charge in [0.2, 0.25) is 11.8 Å². The molecule has 8 heteroatoms.